The van der Waals surface area contributed by atoms with Gasteiger partial charge in [0.25, 0.3) is 5.91 Å². The highest BCUT2D eigenvalue weighted by molar-refractivity contribution is 6.04. The molecule has 0 aromatic heterocycles. The largest absolute Gasteiger partial charge is 0.481 e. The van der Waals surface area contributed by atoms with Gasteiger partial charge in [-0.1, -0.05) is 12.1 Å². The van der Waals surface area contributed by atoms with E-state index in [0.717, 1.165) is 12.1 Å². The van der Waals surface area contributed by atoms with Crippen molar-refractivity contribution in [3.05, 3.63) is 65.2 Å². The molecule has 1 amide bonds. The highest BCUT2D eigenvalue weighted by Gasteiger charge is 2.13. The maximum Gasteiger partial charge on any atom is 0.307 e. The van der Waals surface area contributed by atoms with Gasteiger partial charge < -0.3 is 10.4 Å². The van der Waals surface area contributed by atoms with Crippen LogP contribution in [0.4, 0.5) is 14.5 Å². The van der Waals surface area contributed by atoms with Gasteiger partial charge in [0.2, 0.25) is 0 Å². The van der Waals surface area contributed by atoms with Crippen LogP contribution in [0.1, 0.15) is 15.9 Å². The molecule has 0 aliphatic rings. The molecule has 21 heavy (non-hydrogen) atoms. The summed E-state index contributed by atoms with van der Waals surface area (Å²) in [6, 6.07) is 8.85. The average Bonchev–Trinajstić information content (AvgIpc) is 2.37. The van der Waals surface area contributed by atoms with Crippen molar-refractivity contribution in [1.82, 2.24) is 0 Å². The maximum absolute atomic E-state index is 13.5. The molecule has 6 heteroatoms. The van der Waals surface area contributed by atoms with E-state index in [0.29, 0.717) is 17.3 Å². The SMILES string of the molecule is O=C(O)Cc1cccc(NC(=O)c2ccc(F)cc2F)c1. The minimum atomic E-state index is -0.997. The number of carboxylic acids is 1. The van der Waals surface area contributed by atoms with E-state index in [-0.39, 0.29) is 12.0 Å². The predicted octanol–water partition coefficient (Wildman–Crippen LogP) is 2.84. The van der Waals surface area contributed by atoms with E-state index in [1.54, 1.807) is 18.2 Å². The number of benzene rings is 2. The van der Waals surface area contributed by atoms with Crippen molar-refractivity contribution in [1.29, 1.82) is 0 Å². The molecule has 0 unspecified atom stereocenters. The van der Waals surface area contributed by atoms with Crippen molar-refractivity contribution in [2.24, 2.45) is 0 Å². The Balaban J connectivity index is 2.17. The molecule has 0 atom stereocenters. The molecule has 0 aliphatic carbocycles. The van der Waals surface area contributed by atoms with Crippen LogP contribution in [-0.2, 0) is 11.2 Å². The summed E-state index contributed by atoms with van der Waals surface area (Å²) in [7, 11) is 0. The molecule has 0 spiro atoms. The van der Waals surface area contributed by atoms with Gasteiger partial charge >= 0.3 is 5.97 Å². The van der Waals surface area contributed by atoms with E-state index >= 15 is 0 Å². The van der Waals surface area contributed by atoms with E-state index in [4.69, 9.17) is 5.11 Å². The lowest BCUT2D eigenvalue weighted by Gasteiger charge is -2.07. The molecule has 0 saturated heterocycles. The quantitative estimate of drug-likeness (QED) is 0.910. The van der Waals surface area contributed by atoms with E-state index in [2.05, 4.69) is 5.32 Å². The highest BCUT2D eigenvalue weighted by atomic mass is 19.1. The van der Waals surface area contributed by atoms with E-state index in [1.165, 1.54) is 6.07 Å². The summed E-state index contributed by atoms with van der Waals surface area (Å²) in [5.74, 6) is -3.47. The van der Waals surface area contributed by atoms with Crippen molar-refractivity contribution < 1.29 is 23.5 Å². The number of amides is 1. The molecule has 0 bridgehead atoms. The maximum atomic E-state index is 13.5. The normalized spacial score (nSPS) is 10.2. The monoisotopic (exact) mass is 291 g/mol. The molecule has 0 heterocycles. The van der Waals surface area contributed by atoms with Crippen molar-refractivity contribution >= 4 is 17.6 Å². The first-order valence-corrected chi connectivity index (χ1v) is 6.03. The third-order valence-electron chi connectivity index (χ3n) is 2.72. The number of aliphatic carboxylic acids is 1. The first-order chi connectivity index (χ1) is 9.95. The summed E-state index contributed by atoms with van der Waals surface area (Å²) < 4.78 is 26.3. The second-order valence-electron chi connectivity index (χ2n) is 4.35. The summed E-state index contributed by atoms with van der Waals surface area (Å²) in [4.78, 5) is 22.5. The molecule has 4 nitrogen and oxygen atoms in total. The van der Waals surface area contributed by atoms with Crippen LogP contribution >= 0.6 is 0 Å². The number of anilines is 1. The Kier molecular flexibility index (Phi) is 4.27. The number of rotatable bonds is 4. The molecule has 108 valence electrons. The first-order valence-electron chi connectivity index (χ1n) is 6.03. The third-order valence-corrected chi connectivity index (χ3v) is 2.72. The van der Waals surface area contributed by atoms with E-state index in [9.17, 15) is 18.4 Å². The van der Waals surface area contributed by atoms with Gasteiger partial charge in [0.1, 0.15) is 11.6 Å². The number of hydrogen-bond acceptors (Lipinski definition) is 2. The smallest absolute Gasteiger partial charge is 0.307 e. The number of hydrogen-bond donors (Lipinski definition) is 2. The molecular weight excluding hydrogens is 280 g/mol. The van der Waals surface area contributed by atoms with Gasteiger partial charge in [-0.2, -0.15) is 0 Å². The minimum Gasteiger partial charge on any atom is -0.481 e. The topological polar surface area (TPSA) is 66.4 Å². The Labute approximate surface area is 119 Å². The molecule has 2 rings (SSSR count). The summed E-state index contributed by atoms with van der Waals surface area (Å²) in [5, 5.41) is 11.1. The van der Waals surface area contributed by atoms with E-state index < -0.39 is 23.5 Å². The van der Waals surface area contributed by atoms with Gasteiger partial charge in [-0.3, -0.25) is 9.59 Å². The summed E-state index contributed by atoms with van der Waals surface area (Å²) in [6.07, 6.45) is -0.186. The lowest BCUT2D eigenvalue weighted by atomic mass is 10.1. The Bertz CT molecular complexity index is 701. The fourth-order valence-corrected chi connectivity index (χ4v) is 1.81. The zero-order valence-electron chi connectivity index (χ0n) is 10.8. The van der Waals surface area contributed by atoms with Crippen molar-refractivity contribution in [2.45, 2.75) is 6.42 Å². The fourth-order valence-electron chi connectivity index (χ4n) is 1.81. The molecule has 2 N–H and O–H groups in total. The number of halogens is 2. The van der Waals surface area contributed by atoms with Gasteiger partial charge in [-0.25, -0.2) is 8.78 Å². The molecule has 2 aromatic carbocycles. The van der Waals surface area contributed by atoms with Gasteiger partial charge in [0, 0.05) is 11.8 Å². The van der Waals surface area contributed by atoms with Crippen LogP contribution in [0.15, 0.2) is 42.5 Å². The fraction of sp³-hybridized carbons (Fsp3) is 0.0667. The average molecular weight is 291 g/mol. The van der Waals surface area contributed by atoms with Crippen LogP contribution in [0.2, 0.25) is 0 Å². The summed E-state index contributed by atoms with van der Waals surface area (Å²) >= 11 is 0. The Morgan fingerprint density at radius 1 is 1.10 bits per heavy atom. The molecule has 0 saturated carbocycles. The van der Waals surface area contributed by atoms with Crippen molar-refractivity contribution in [3.63, 3.8) is 0 Å². The lowest BCUT2D eigenvalue weighted by Crippen LogP contribution is -2.14. The Morgan fingerprint density at radius 2 is 1.86 bits per heavy atom. The minimum absolute atomic E-state index is 0.186. The molecule has 2 aromatic rings. The standard InChI is InChI=1S/C15H11F2NO3/c16-10-4-5-12(13(17)8-10)15(21)18-11-3-1-2-9(6-11)7-14(19)20/h1-6,8H,7H2,(H,18,21)(H,19,20). The first kappa shape index (κ1) is 14.6. The highest BCUT2D eigenvalue weighted by Crippen LogP contribution is 2.15. The second-order valence-corrected chi connectivity index (χ2v) is 4.35. The Hall–Kier alpha value is -2.76. The number of nitrogens with one attached hydrogen (secondary N) is 1. The van der Waals surface area contributed by atoms with Crippen molar-refractivity contribution in [2.75, 3.05) is 5.32 Å². The van der Waals surface area contributed by atoms with Gasteiger partial charge in [0.05, 0.1) is 12.0 Å². The van der Waals surface area contributed by atoms with Crippen molar-refractivity contribution in [3.8, 4) is 0 Å². The predicted molar refractivity (Wildman–Crippen MR) is 72.1 cm³/mol. The zero-order valence-corrected chi connectivity index (χ0v) is 10.8. The Morgan fingerprint density at radius 3 is 2.52 bits per heavy atom. The number of carbonyl (C=O) groups is 2. The molecule has 0 radical (unpaired) electrons. The van der Waals surface area contributed by atoms with Gasteiger partial charge in [-0.15, -0.1) is 0 Å². The van der Waals surface area contributed by atoms with Crippen LogP contribution in [0.25, 0.3) is 0 Å². The van der Waals surface area contributed by atoms with Crippen LogP contribution in [-0.4, -0.2) is 17.0 Å². The molecular formula is C15H11F2NO3. The zero-order chi connectivity index (χ0) is 15.4. The number of carbonyl (C=O) groups excluding carboxylic acids is 1. The molecule has 0 fully saturated rings. The second kappa shape index (κ2) is 6.13. The summed E-state index contributed by atoms with van der Waals surface area (Å²) in [6.45, 7) is 0. The van der Waals surface area contributed by atoms with E-state index in [1.807, 2.05) is 0 Å². The van der Waals surface area contributed by atoms with Crippen LogP contribution in [0.3, 0.4) is 0 Å². The third kappa shape index (κ3) is 3.85. The molecule has 0 aliphatic heterocycles. The van der Waals surface area contributed by atoms with Gasteiger partial charge in [0.15, 0.2) is 0 Å². The van der Waals surface area contributed by atoms with Crippen LogP contribution in [0, 0.1) is 11.6 Å². The van der Waals surface area contributed by atoms with Crippen LogP contribution < -0.4 is 5.32 Å². The lowest BCUT2D eigenvalue weighted by molar-refractivity contribution is -0.136. The summed E-state index contributed by atoms with van der Waals surface area (Å²) in [5.41, 5.74) is 0.544. The van der Waals surface area contributed by atoms with Crippen LogP contribution in [0.5, 0.6) is 0 Å². The number of carboxylic acid groups (broad SMARTS) is 1. The van der Waals surface area contributed by atoms with Gasteiger partial charge in [-0.05, 0) is 29.8 Å².